The van der Waals surface area contributed by atoms with Crippen LogP contribution in [-0.4, -0.2) is 17.7 Å². The highest BCUT2D eigenvalue weighted by Gasteiger charge is 2.47. The molecule has 1 aromatic carbocycles. The molecule has 108 valence electrons. The second-order valence-corrected chi connectivity index (χ2v) is 7.33. The van der Waals surface area contributed by atoms with Gasteiger partial charge in [0.2, 0.25) is 0 Å². The molecule has 4 fully saturated rings. The van der Waals surface area contributed by atoms with Gasteiger partial charge in [-0.2, -0.15) is 0 Å². The summed E-state index contributed by atoms with van der Waals surface area (Å²) in [7, 11) is 0. The fourth-order valence-corrected chi connectivity index (χ4v) is 5.30. The molecule has 0 aromatic heterocycles. The Morgan fingerprint density at radius 2 is 1.50 bits per heavy atom. The van der Waals surface area contributed by atoms with Crippen LogP contribution in [0.5, 0.6) is 5.75 Å². The first-order valence-corrected chi connectivity index (χ1v) is 8.29. The smallest absolute Gasteiger partial charge is 0.115 e. The molecule has 0 aliphatic heterocycles. The summed E-state index contributed by atoms with van der Waals surface area (Å²) in [6.45, 7) is 1.08. The first-order valence-electron chi connectivity index (χ1n) is 8.29. The SMILES string of the molecule is Oc1ccc(CCNC2C3CC4CC(C3)CC2C4)cc1. The van der Waals surface area contributed by atoms with Crippen LogP contribution in [0.4, 0.5) is 0 Å². The molecule has 4 aliphatic carbocycles. The molecule has 0 saturated heterocycles. The molecule has 5 rings (SSSR count). The van der Waals surface area contributed by atoms with Gasteiger partial charge < -0.3 is 10.4 Å². The molecule has 4 saturated carbocycles. The van der Waals surface area contributed by atoms with E-state index in [1.54, 1.807) is 12.1 Å². The van der Waals surface area contributed by atoms with E-state index in [0.717, 1.165) is 42.7 Å². The molecular weight excluding hydrogens is 246 g/mol. The van der Waals surface area contributed by atoms with Crippen LogP contribution in [0, 0.1) is 23.7 Å². The van der Waals surface area contributed by atoms with Crippen molar-refractivity contribution in [3.05, 3.63) is 29.8 Å². The van der Waals surface area contributed by atoms with E-state index >= 15 is 0 Å². The number of hydrogen-bond acceptors (Lipinski definition) is 2. The van der Waals surface area contributed by atoms with Gasteiger partial charge in [-0.15, -0.1) is 0 Å². The molecule has 4 aliphatic rings. The Hall–Kier alpha value is -1.02. The Morgan fingerprint density at radius 1 is 0.900 bits per heavy atom. The number of phenols is 1. The van der Waals surface area contributed by atoms with Gasteiger partial charge in [-0.25, -0.2) is 0 Å². The van der Waals surface area contributed by atoms with Crippen LogP contribution in [0.1, 0.15) is 37.7 Å². The van der Waals surface area contributed by atoms with E-state index in [-0.39, 0.29) is 0 Å². The molecule has 0 atom stereocenters. The molecule has 0 amide bonds. The summed E-state index contributed by atoms with van der Waals surface area (Å²) in [5.74, 6) is 4.42. The van der Waals surface area contributed by atoms with Crippen LogP contribution in [-0.2, 0) is 6.42 Å². The van der Waals surface area contributed by atoms with Gasteiger partial charge in [0.05, 0.1) is 0 Å². The molecule has 2 heteroatoms. The molecule has 2 nitrogen and oxygen atoms in total. The van der Waals surface area contributed by atoms with Crippen LogP contribution in [0.25, 0.3) is 0 Å². The number of phenolic OH excluding ortho intramolecular Hbond substituents is 1. The standard InChI is InChI=1S/C18H25NO/c20-17-3-1-12(2-4-17)5-6-19-18-15-8-13-7-14(10-15)11-16(18)9-13/h1-4,13-16,18-20H,5-11H2. The highest BCUT2D eigenvalue weighted by Crippen LogP contribution is 2.53. The lowest BCUT2D eigenvalue weighted by Crippen LogP contribution is -2.54. The van der Waals surface area contributed by atoms with Crippen LogP contribution >= 0.6 is 0 Å². The summed E-state index contributed by atoms with van der Waals surface area (Å²) in [4.78, 5) is 0. The van der Waals surface area contributed by atoms with Crippen LogP contribution in [0.3, 0.4) is 0 Å². The van der Waals surface area contributed by atoms with E-state index in [9.17, 15) is 5.11 Å². The number of aromatic hydroxyl groups is 1. The van der Waals surface area contributed by atoms with Crippen LogP contribution < -0.4 is 5.32 Å². The van der Waals surface area contributed by atoms with Crippen LogP contribution in [0.2, 0.25) is 0 Å². The Morgan fingerprint density at radius 3 is 2.10 bits per heavy atom. The molecule has 0 heterocycles. The fourth-order valence-electron chi connectivity index (χ4n) is 5.30. The van der Waals surface area contributed by atoms with Gasteiger partial charge in [0.1, 0.15) is 5.75 Å². The van der Waals surface area contributed by atoms with Crippen molar-refractivity contribution in [1.82, 2.24) is 5.32 Å². The van der Waals surface area contributed by atoms with Crippen molar-refractivity contribution >= 4 is 0 Å². The third-order valence-corrected chi connectivity index (χ3v) is 5.96. The minimum Gasteiger partial charge on any atom is -0.508 e. The molecule has 0 spiro atoms. The zero-order chi connectivity index (χ0) is 13.5. The number of rotatable bonds is 4. The molecule has 4 bridgehead atoms. The van der Waals surface area contributed by atoms with Gasteiger partial charge in [0.15, 0.2) is 0 Å². The summed E-state index contributed by atoms with van der Waals surface area (Å²) in [5, 5.41) is 13.2. The zero-order valence-corrected chi connectivity index (χ0v) is 12.1. The lowest BCUT2D eigenvalue weighted by Gasteiger charge is -2.54. The predicted octanol–water partition coefficient (Wildman–Crippen LogP) is 3.35. The van der Waals surface area contributed by atoms with Crippen molar-refractivity contribution < 1.29 is 5.11 Å². The third kappa shape index (κ3) is 2.35. The number of nitrogens with one attached hydrogen (secondary N) is 1. The fraction of sp³-hybridized carbons (Fsp3) is 0.667. The van der Waals surface area contributed by atoms with E-state index in [4.69, 9.17) is 0 Å². The highest BCUT2D eigenvalue weighted by molar-refractivity contribution is 5.26. The zero-order valence-electron chi connectivity index (χ0n) is 12.1. The van der Waals surface area contributed by atoms with Crippen molar-refractivity contribution in [2.45, 2.75) is 44.6 Å². The van der Waals surface area contributed by atoms with E-state index in [1.165, 1.54) is 37.7 Å². The maximum Gasteiger partial charge on any atom is 0.115 e. The summed E-state index contributed by atoms with van der Waals surface area (Å²) >= 11 is 0. The molecule has 0 radical (unpaired) electrons. The number of benzene rings is 1. The lowest BCUT2D eigenvalue weighted by atomic mass is 9.54. The monoisotopic (exact) mass is 271 g/mol. The maximum atomic E-state index is 9.31. The summed E-state index contributed by atoms with van der Waals surface area (Å²) in [5.41, 5.74) is 1.32. The van der Waals surface area contributed by atoms with Crippen molar-refractivity contribution in [2.24, 2.45) is 23.7 Å². The second kappa shape index (κ2) is 5.07. The van der Waals surface area contributed by atoms with Gasteiger partial charge in [0, 0.05) is 6.04 Å². The van der Waals surface area contributed by atoms with Gasteiger partial charge in [-0.05, 0) is 86.4 Å². The van der Waals surface area contributed by atoms with Crippen molar-refractivity contribution in [1.29, 1.82) is 0 Å². The average molecular weight is 271 g/mol. The van der Waals surface area contributed by atoms with Crippen molar-refractivity contribution in [3.8, 4) is 5.75 Å². The molecule has 0 unspecified atom stereocenters. The maximum absolute atomic E-state index is 9.31. The first kappa shape index (κ1) is 12.7. The van der Waals surface area contributed by atoms with Crippen molar-refractivity contribution in [2.75, 3.05) is 6.54 Å². The van der Waals surface area contributed by atoms with Gasteiger partial charge in [-0.1, -0.05) is 12.1 Å². The van der Waals surface area contributed by atoms with Gasteiger partial charge in [-0.3, -0.25) is 0 Å². The first-order chi connectivity index (χ1) is 9.78. The Bertz CT molecular complexity index is 439. The highest BCUT2D eigenvalue weighted by atomic mass is 16.3. The predicted molar refractivity (Wildman–Crippen MR) is 80.6 cm³/mol. The Labute approximate surface area is 121 Å². The average Bonchev–Trinajstić information content (AvgIpc) is 2.43. The molecule has 1 aromatic rings. The Balaban J connectivity index is 1.32. The third-order valence-electron chi connectivity index (χ3n) is 5.96. The molecular formula is C18H25NO. The normalized spacial score (nSPS) is 38.3. The summed E-state index contributed by atoms with van der Waals surface area (Å²) in [6.07, 6.45) is 8.57. The molecule has 2 N–H and O–H groups in total. The Kier molecular flexibility index (Phi) is 3.22. The van der Waals surface area contributed by atoms with Gasteiger partial charge in [0.25, 0.3) is 0 Å². The quantitative estimate of drug-likeness (QED) is 0.880. The molecule has 20 heavy (non-hydrogen) atoms. The van der Waals surface area contributed by atoms with Crippen LogP contribution in [0.15, 0.2) is 24.3 Å². The van der Waals surface area contributed by atoms with Gasteiger partial charge >= 0.3 is 0 Å². The second-order valence-electron chi connectivity index (χ2n) is 7.33. The summed E-state index contributed by atoms with van der Waals surface area (Å²) in [6, 6.07) is 8.44. The number of hydrogen-bond donors (Lipinski definition) is 2. The van der Waals surface area contributed by atoms with E-state index < -0.39 is 0 Å². The van der Waals surface area contributed by atoms with Crippen molar-refractivity contribution in [3.63, 3.8) is 0 Å². The van der Waals surface area contributed by atoms with E-state index in [1.807, 2.05) is 12.1 Å². The topological polar surface area (TPSA) is 32.3 Å². The van der Waals surface area contributed by atoms with E-state index in [2.05, 4.69) is 5.32 Å². The van der Waals surface area contributed by atoms with E-state index in [0.29, 0.717) is 5.75 Å². The minimum atomic E-state index is 0.364. The summed E-state index contributed by atoms with van der Waals surface area (Å²) < 4.78 is 0. The lowest BCUT2D eigenvalue weighted by molar-refractivity contribution is -0.0133. The largest absolute Gasteiger partial charge is 0.508 e. The minimum absolute atomic E-state index is 0.364.